The molecule has 3 N–H and O–H groups in total. The van der Waals surface area contributed by atoms with Gasteiger partial charge in [0.1, 0.15) is 5.82 Å². The van der Waals surface area contributed by atoms with Crippen LogP contribution in [0.15, 0.2) is 0 Å². The van der Waals surface area contributed by atoms with Crippen molar-refractivity contribution in [3.05, 3.63) is 5.82 Å². The van der Waals surface area contributed by atoms with Crippen molar-refractivity contribution >= 4 is 12.0 Å². The molecule has 0 spiro atoms. The van der Waals surface area contributed by atoms with E-state index in [2.05, 4.69) is 20.5 Å². The first-order chi connectivity index (χ1) is 9.37. The fraction of sp³-hybridized carbons (Fsp3) is 0.750. The van der Waals surface area contributed by atoms with E-state index in [0.717, 1.165) is 12.8 Å². The first-order valence-electron chi connectivity index (χ1n) is 6.71. The van der Waals surface area contributed by atoms with Crippen LogP contribution in [0.3, 0.4) is 0 Å². The number of aromatic amines is 1. The highest BCUT2D eigenvalue weighted by molar-refractivity contribution is 5.74. The average Bonchev–Trinajstić information content (AvgIpc) is 2.83. The number of likely N-dealkylation sites (tertiary alicyclic amines) is 1. The van der Waals surface area contributed by atoms with E-state index in [1.807, 2.05) is 14.1 Å². The second kappa shape index (κ2) is 5.66. The number of nitrogens with zero attached hydrogens (tertiary/aromatic N) is 4. The van der Waals surface area contributed by atoms with Crippen LogP contribution in [0, 0.1) is 0 Å². The van der Waals surface area contributed by atoms with E-state index in [4.69, 9.17) is 0 Å². The number of aliphatic hydroxyl groups is 1. The Morgan fingerprint density at radius 2 is 2.35 bits per heavy atom. The molecular formula is C12H22N6O2. The van der Waals surface area contributed by atoms with Crippen LogP contribution >= 0.6 is 0 Å². The Morgan fingerprint density at radius 3 is 2.95 bits per heavy atom. The molecule has 1 aromatic heterocycles. The predicted octanol–water partition coefficient (Wildman–Crippen LogP) is -0.0729. The quantitative estimate of drug-likeness (QED) is 0.721. The highest BCUT2D eigenvalue weighted by Crippen LogP contribution is 2.20. The van der Waals surface area contributed by atoms with Gasteiger partial charge in [0.15, 0.2) is 0 Å². The lowest BCUT2D eigenvalue weighted by Gasteiger charge is -2.36. The summed E-state index contributed by atoms with van der Waals surface area (Å²) in [6, 6.07) is -0.187. The molecule has 0 aliphatic carbocycles. The number of amides is 2. The van der Waals surface area contributed by atoms with Gasteiger partial charge in [0.2, 0.25) is 5.95 Å². The summed E-state index contributed by atoms with van der Waals surface area (Å²) in [7, 11) is 3.70. The Bertz CT molecular complexity index is 470. The molecule has 0 saturated carbocycles. The van der Waals surface area contributed by atoms with Gasteiger partial charge in [-0.05, 0) is 19.8 Å². The zero-order chi connectivity index (χ0) is 14.8. The molecule has 2 rings (SSSR count). The number of hydrogen-bond donors (Lipinski definition) is 3. The van der Waals surface area contributed by atoms with Crippen LogP contribution in [0.5, 0.6) is 0 Å². The molecule has 2 heterocycles. The van der Waals surface area contributed by atoms with Gasteiger partial charge in [0.05, 0.1) is 18.7 Å². The van der Waals surface area contributed by atoms with Crippen molar-refractivity contribution in [3.63, 3.8) is 0 Å². The smallest absolute Gasteiger partial charge is 0.317 e. The Balaban J connectivity index is 1.85. The number of hydrogen-bond acceptors (Lipinski definition) is 5. The topological polar surface area (TPSA) is 97.4 Å². The van der Waals surface area contributed by atoms with Gasteiger partial charge in [-0.1, -0.05) is 0 Å². The minimum atomic E-state index is -0.792. The van der Waals surface area contributed by atoms with Crippen molar-refractivity contribution in [3.8, 4) is 0 Å². The summed E-state index contributed by atoms with van der Waals surface area (Å²) < 4.78 is 0. The molecule has 2 amide bonds. The second-order valence-corrected chi connectivity index (χ2v) is 5.66. The molecular weight excluding hydrogens is 260 g/mol. The number of anilines is 1. The molecule has 0 radical (unpaired) electrons. The Morgan fingerprint density at radius 1 is 1.60 bits per heavy atom. The molecule has 20 heavy (non-hydrogen) atoms. The monoisotopic (exact) mass is 282 g/mol. The summed E-state index contributed by atoms with van der Waals surface area (Å²) in [5.74, 6) is 1.18. The highest BCUT2D eigenvalue weighted by atomic mass is 16.3. The summed E-state index contributed by atoms with van der Waals surface area (Å²) in [5, 5.41) is 19.6. The SMILES string of the molecule is CN(C)c1n[nH]c(CNC(=O)N2CCCC(C)(O)C2)n1. The van der Waals surface area contributed by atoms with Crippen molar-refractivity contribution in [2.75, 3.05) is 32.1 Å². The number of urea groups is 1. The molecule has 8 heteroatoms. The largest absolute Gasteiger partial charge is 0.388 e. The summed E-state index contributed by atoms with van der Waals surface area (Å²) >= 11 is 0. The van der Waals surface area contributed by atoms with E-state index in [9.17, 15) is 9.90 Å². The maximum Gasteiger partial charge on any atom is 0.317 e. The number of aromatic nitrogens is 3. The number of carbonyl (C=O) groups is 1. The van der Waals surface area contributed by atoms with Gasteiger partial charge in [0.25, 0.3) is 0 Å². The van der Waals surface area contributed by atoms with Gasteiger partial charge in [-0.15, -0.1) is 5.10 Å². The van der Waals surface area contributed by atoms with Crippen LogP contribution in [0.25, 0.3) is 0 Å². The van der Waals surface area contributed by atoms with E-state index < -0.39 is 5.60 Å². The average molecular weight is 282 g/mol. The van der Waals surface area contributed by atoms with Crippen LogP contribution in [0.2, 0.25) is 0 Å². The van der Waals surface area contributed by atoms with E-state index in [-0.39, 0.29) is 12.6 Å². The van der Waals surface area contributed by atoms with E-state index in [1.54, 1.807) is 16.7 Å². The van der Waals surface area contributed by atoms with E-state index >= 15 is 0 Å². The zero-order valence-electron chi connectivity index (χ0n) is 12.2. The van der Waals surface area contributed by atoms with Crippen LogP contribution in [-0.2, 0) is 6.54 Å². The number of nitrogens with one attached hydrogen (secondary N) is 2. The summed E-state index contributed by atoms with van der Waals surface area (Å²) in [6.07, 6.45) is 1.54. The molecule has 1 aliphatic heterocycles. The highest BCUT2D eigenvalue weighted by Gasteiger charge is 2.30. The third-order valence-electron chi connectivity index (χ3n) is 3.29. The number of H-pyrrole nitrogens is 1. The minimum absolute atomic E-state index is 0.187. The van der Waals surface area contributed by atoms with E-state index in [0.29, 0.717) is 24.9 Å². The maximum atomic E-state index is 12.0. The Kier molecular flexibility index (Phi) is 4.12. The molecule has 1 saturated heterocycles. The Labute approximate surface area is 118 Å². The van der Waals surface area contributed by atoms with Crippen LogP contribution in [-0.4, -0.2) is 64.0 Å². The number of piperidine rings is 1. The van der Waals surface area contributed by atoms with Gasteiger partial charge in [-0.25, -0.2) is 4.79 Å². The van der Waals surface area contributed by atoms with Gasteiger partial charge in [-0.2, -0.15) is 4.98 Å². The van der Waals surface area contributed by atoms with Crippen LogP contribution in [0.1, 0.15) is 25.6 Å². The molecule has 0 aromatic carbocycles. The number of rotatable bonds is 3. The molecule has 1 unspecified atom stereocenters. The molecule has 0 bridgehead atoms. The summed E-state index contributed by atoms with van der Waals surface area (Å²) in [5.41, 5.74) is -0.792. The first kappa shape index (κ1) is 14.6. The molecule has 1 aliphatic rings. The number of β-amino-alcohol motifs (C(OH)–C–C–N with tert-alkyl or cyclic N) is 1. The molecule has 1 fully saturated rings. The predicted molar refractivity (Wildman–Crippen MR) is 74.4 cm³/mol. The maximum absolute atomic E-state index is 12.0. The first-order valence-corrected chi connectivity index (χ1v) is 6.71. The fourth-order valence-corrected chi connectivity index (χ4v) is 2.23. The second-order valence-electron chi connectivity index (χ2n) is 5.66. The van der Waals surface area contributed by atoms with Gasteiger partial charge in [0, 0.05) is 20.6 Å². The van der Waals surface area contributed by atoms with Crippen LogP contribution < -0.4 is 10.2 Å². The van der Waals surface area contributed by atoms with Crippen molar-refractivity contribution in [1.82, 2.24) is 25.4 Å². The van der Waals surface area contributed by atoms with E-state index in [1.165, 1.54) is 0 Å². The number of carbonyl (C=O) groups excluding carboxylic acids is 1. The minimum Gasteiger partial charge on any atom is -0.388 e. The van der Waals surface area contributed by atoms with Crippen LogP contribution in [0.4, 0.5) is 10.7 Å². The zero-order valence-corrected chi connectivity index (χ0v) is 12.2. The lowest BCUT2D eigenvalue weighted by Crippen LogP contribution is -2.51. The Hall–Kier alpha value is -1.83. The van der Waals surface area contributed by atoms with Crippen molar-refractivity contribution in [2.24, 2.45) is 0 Å². The molecule has 112 valence electrons. The molecule has 1 aromatic rings. The standard InChI is InChI=1S/C12H22N6O2/c1-12(20)5-4-6-18(8-12)11(19)13-7-9-14-10(16-15-9)17(2)3/h20H,4-8H2,1-3H3,(H,13,19)(H,14,15,16). The third kappa shape index (κ3) is 3.60. The lowest BCUT2D eigenvalue weighted by molar-refractivity contribution is -0.00254. The van der Waals surface area contributed by atoms with Gasteiger partial charge < -0.3 is 20.2 Å². The van der Waals surface area contributed by atoms with Gasteiger partial charge in [-0.3, -0.25) is 5.10 Å². The molecule has 1 atom stereocenters. The van der Waals surface area contributed by atoms with Gasteiger partial charge >= 0.3 is 6.03 Å². The summed E-state index contributed by atoms with van der Waals surface area (Å²) in [6.45, 7) is 3.07. The molecule has 8 nitrogen and oxygen atoms in total. The third-order valence-corrected chi connectivity index (χ3v) is 3.29. The fourth-order valence-electron chi connectivity index (χ4n) is 2.23. The van der Waals surface area contributed by atoms with Crippen molar-refractivity contribution < 1.29 is 9.90 Å². The lowest BCUT2D eigenvalue weighted by atomic mass is 9.95. The summed E-state index contributed by atoms with van der Waals surface area (Å²) in [4.78, 5) is 19.7. The van der Waals surface area contributed by atoms with Crippen molar-refractivity contribution in [1.29, 1.82) is 0 Å². The normalized spacial score (nSPS) is 22.7. The van der Waals surface area contributed by atoms with Crippen molar-refractivity contribution in [2.45, 2.75) is 31.9 Å².